The predicted octanol–water partition coefficient (Wildman–Crippen LogP) is 5.03. The molecule has 1 N–H and O–H groups in total. The van der Waals surface area contributed by atoms with Gasteiger partial charge in [-0.2, -0.15) is 0 Å². The van der Waals surface area contributed by atoms with Crippen molar-refractivity contribution in [3.8, 4) is 16.9 Å². The van der Waals surface area contributed by atoms with Gasteiger partial charge < -0.3 is 24.3 Å². The highest BCUT2D eigenvalue weighted by Gasteiger charge is 2.34. The summed E-state index contributed by atoms with van der Waals surface area (Å²) in [5.74, 6) is 1.29. The third kappa shape index (κ3) is 6.89. The Kier molecular flexibility index (Phi) is 8.07. The number of benzene rings is 1. The molecule has 0 unspecified atom stereocenters. The van der Waals surface area contributed by atoms with Crippen LogP contribution in [0.5, 0.6) is 5.75 Å². The first-order chi connectivity index (χ1) is 20.2. The molecule has 0 bridgehead atoms. The van der Waals surface area contributed by atoms with Crippen LogP contribution in [-0.2, 0) is 17.6 Å². The fraction of sp³-hybridized carbons (Fsp3) is 0.485. The van der Waals surface area contributed by atoms with Gasteiger partial charge >= 0.3 is 6.09 Å². The lowest BCUT2D eigenvalue weighted by atomic mass is 9.93. The Morgan fingerprint density at radius 2 is 1.72 bits per heavy atom. The number of carbonyl (C=O) groups excluding carboxylic acids is 2. The number of ketones is 1. The number of ether oxygens (including phenoxy) is 2. The molecular weight excluding hydrogens is 546 g/mol. The second-order valence-corrected chi connectivity index (χ2v) is 13.1. The van der Waals surface area contributed by atoms with Gasteiger partial charge in [0.2, 0.25) is 5.95 Å². The van der Waals surface area contributed by atoms with Crippen LogP contribution in [0, 0.1) is 13.8 Å². The van der Waals surface area contributed by atoms with E-state index in [0.29, 0.717) is 56.1 Å². The van der Waals surface area contributed by atoms with Gasteiger partial charge in [0.25, 0.3) is 5.56 Å². The van der Waals surface area contributed by atoms with Gasteiger partial charge in [0.05, 0.1) is 0 Å². The summed E-state index contributed by atoms with van der Waals surface area (Å²) in [6.45, 7) is 15.6. The SMILES string of the molecule is Cc1cc(C)c(CCC(=O)c2cc3c(c(-c4cnc(N5CCN(C(=O)OC(C)(C)C)CC5)nc4)c2)OC(C)(C)C3)c(=O)[nH]1. The Balaban J connectivity index is 1.34. The number of H-pyrrole nitrogens is 1. The first kappa shape index (κ1) is 30.3. The molecule has 2 aromatic heterocycles. The van der Waals surface area contributed by atoms with E-state index in [0.717, 1.165) is 33.7 Å². The molecule has 10 nitrogen and oxygen atoms in total. The van der Waals surface area contributed by atoms with Crippen LogP contribution in [0.2, 0.25) is 0 Å². The minimum atomic E-state index is -0.534. The van der Waals surface area contributed by atoms with Crippen LogP contribution in [-0.4, -0.2) is 69.1 Å². The Morgan fingerprint density at radius 3 is 2.35 bits per heavy atom. The normalized spacial score (nSPS) is 16.1. The predicted molar refractivity (Wildman–Crippen MR) is 165 cm³/mol. The average molecular weight is 588 g/mol. The van der Waals surface area contributed by atoms with E-state index in [1.165, 1.54) is 0 Å². The summed E-state index contributed by atoms with van der Waals surface area (Å²) < 4.78 is 11.8. The van der Waals surface area contributed by atoms with Gasteiger partial charge in [-0.05, 0) is 84.2 Å². The minimum absolute atomic E-state index is 0.0338. The van der Waals surface area contributed by atoms with Crippen molar-refractivity contribution in [2.45, 2.75) is 78.9 Å². The number of nitrogens with one attached hydrogen (secondary N) is 1. The molecule has 228 valence electrons. The lowest BCUT2D eigenvalue weighted by Crippen LogP contribution is -2.50. The monoisotopic (exact) mass is 587 g/mol. The van der Waals surface area contributed by atoms with E-state index in [4.69, 9.17) is 9.47 Å². The fourth-order valence-corrected chi connectivity index (χ4v) is 5.70. The Labute approximate surface area is 252 Å². The van der Waals surface area contributed by atoms with Crippen molar-refractivity contribution in [3.05, 3.63) is 68.9 Å². The average Bonchev–Trinajstić information content (AvgIpc) is 3.25. The van der Waals surface area contributed by atoms with Gasteiger partial charge in [0.15, 0.2) is 5.78 Å². The maximum Gasteiger partial charge on any atom is 0.410 e. The first-order valence-electron chi connectivity index (χ1n) is 14.8. The van der Waals surface area contributed by atoms with Crippen LogP contribution in [0.4, 0.5) is 10.7 Å². The summed E-state index contributed by atoms with van der Waals surface area (Å²) in [4.78, 5) is 54.2. The first-order valence-corrected chi connectivity index (χ1v) is 14.8. The maximum absolute atomic E-state index is 13.4. The molecule has 0 atom stereocenters. The van der Waals surface area contributed by atoms with E-state index < -0.39 is 11.2 Å². The number of aryl methyl sites for hydroxylation is 2. The van der Waals surface area contributed by atoms with Crippen molar-refractivity contribution in [1.29, 1.82) is 0 Å². The van der Waals surface area contributed by atoms with Crippen LogP contribution < -0.4 is 15.2 Å². The topological polar surface area (TPSA) is 118 Å². The number of carbonyl (C=O) groups is 2. The standard InChI is InChI=1S/C33H41N5O5/c1-20-14-21(2)36-29(40)25(20)8-9-27(39)22-15-23-17-33(6,7)42-28(23)26(16-22)24-18-34-30(35-19-24)37-10-12-38(13-11-37)31(41)43-32(3,4)5/h14-16,18-19H,8-13,17H2,1-7H3,(H,36,40). The molecule has 43 heavy (non-hydrogen) atoms. The molecule has 4 heterocycles. The number of aromatic nitrogens is 3. The van der Waals surface area contributed by atoms with Crippen LogP contribution in [0.1, 0.15) is 73.8 Å². The summed E-state index contributed by atoms with van der Waals surface area (Å²) in [6, 6.07) is 5.70. The molecule has 1 fully saturated rings. The largest absolute Gasteiger partial charge is 0.487 e. The van der Waals surface area contributed by atoms with Crippen molar-refractivity contribution in [2.75, 3.05) is 31.1 Å². The summed E-state index contributed by atoms with van der Waals surface area (Å²) in [6.07, 6.45) is 4.48. The van der Waals surface area contributed by atoms with Gasteiger partial charge in [-0.25, -0.2) is 14.8 Å². The van der Waals surface area contributed by atoms with E-state index in [2.05, 4.69) is 15.0 Å². The third-order valence-electron chi connectivity index (χ3n) is 7.74. The smallest absolute Gasteiger partial charge is 0.410 e. The van der Waals surface area contributed by atoms with E-state index in [-0.39, 0.29) is 23.9 Å². The summed E-state index contributed by atoms with van der Waals surface area (Å²) in [5, 5.41) is 0. The number of nitrogens with zero attached hydrogens (tertiary/aromatic N) is 4. The molecule has 0 saturated carbocycles. The van der Waals surface area contributed by atoms with Gasteiger partial charge in [0, 0.05) is 79.4 Å². The number of hydrogen-bond acceptors (Lipinski definition) is 8. The second-order valence-electron chi connectivity index (χ2n) is 13.1. The third-order valence-corrected chi connectivity index (χ3v) is 7.74. The zero-order valence-electron chi connectivity index (χ0n) is 26.2. The van der Waals surface area contributed by atoms with Gasteiger partial charge in [-0.15, -0.1) is 0 Å². The molecule has 10 heteroatoms. The lowest BCUT2D eigenvalue weighted by molar-refractivity contribution is 0.0240. The quantitative estimate of drug-likeness (QED) is 0.399. The van der Waals surface area contributed by atoms with Crippen molar-refractivity contribution in [3.63, 3.8) is 0 Å². The zero-order valence-corrected chi connectivity index (χ0v) is 26.2. The number of Topliss-reactive ketones (excluding diaryl/α,β-unsaturated/α-hetero) is 1. The van der Waals surface area contributed by atoms with E-state index in [9.17, 15) is 14.4 Å². The van der Waals surface area contributed by atoms with Crippen molar-refractivity contribution >= 4 is 17.8 Å². The molecule has 2 aliphatic rings. The van der Waals surface area contributed by atoms with Crippen LogP contribution in [0.15, 0.2) is 35.4 Å². The molecule has 0 aliphatic carbocycles. The van der Waals surface area contributed by atoms with Crippen LogP contribution in [0.25, 0.3) is 11.1 Å². The number of hydrogen-bond donors (Lipinski definition) is 1. The Bertz CT molecular complexity index is 1600. The molecule has 0 spiro atoms. The molecule has 2 aliphatic heterocycles. The zero-order chi connectivity index (χ0) is 31.1. The Hall–Kier alpha value is -4.21. The van der Waals surface area contributed by atoms with Gasteiger partial charge in [-0.3, -0.25) is 9.59 Å². The molecule has 3 aromatic rings. The molecule has 1 saturated heterocycles. The lowest BCUT2D eigenvalue weighted by Gasteiger charge is -2.35. The van der Waals surface area contributed by atoms with Gasteiger partial charge in [0.1, 0.15) is 17.0 Å². The number of pyridine rings is 1. The molecule has 1 amide bonds. The fourth-order valence-electron chi connectivity index (χ4n) is 5.70. The number of fused-ring (bicyclic) bond motifs is 1. The number of piperazine rings is 1. The molecule has 1 aromatic carbocycles. The van der Waals surface area contributed by atoms with E-state index in [1.54, 1.807) is 17.3 Å². The maximum atomic E-state index is 13.4. The van der Waals surface area contributed by atoms with Crippen molar-refractivity contribution < 1.29 is 19.1 Å². The summed E-state index contributed by atoms with van der Waals surface area (Å²) in [7, 11) is 0. The van der Waals surface area contributed by atoms with Crippen LogP contribution >= 0.6 is 0 Å². The number of rotatable bonds is 6. The van der Waals surface area contributed by atoms with Gasteiger partial charge in [-0.1, -0.05) is 0 Å². The second kappa shape index (κ2) is 11.5. The highest BCUT2D eigenvalue weighted by atomic mass is 16.6. The van der Waals surface area contributed by atoms with E-state index >= 15 is 0 Å². The summed E-state index contributed by atoms with van der Waals surface area (Å²) in [5.41, 5.74) is 4.34. The summed E-state index contributed by atoms with van der Waals surface area (Å²) >= 11 is 0. The molecule has 0 radical (unpaired) electrons. The van der Waals surface area contributed by atoms with Crippen molar-refractivity contribution in [2.24, 2.45) is 0 Å². The Morgan fingerprint density at radius 1 is 1.05 bits per heavy atom. The minimum Gasteiger partial charge on any atom is -0.487 e. The number of amides is 1. The van der Waals surface area contributed by atoms with Crippen LogP contribution in [0.3, 0.4) is 0 Å². The number of anilines is 1. The van der Waals surface area contributed by atoms with Crippen molar-refractivity contribution in [1.82, 2.24) is 19.9 Å². The number of aromatic amines is 1. The molecular formula is C33H41N5O5. The van der Waals surface area contributed by atoms with E-state index in [1.807, 2.05) is 71.6 Å². The molecule has 5 rings (SSSR count). The highest BCUT2D eigenvalue weighted by Crippen LogP contribution is 2.43. The highest BCUT2D eigenvalue weighted by molar-refractivity contribution is 5.98.